The summed E-state index contributed by atoms with van der Waals surface area (Å²) < 4.78 is 1.81. The number of nitrogens with one attached hydrogen (secondary N) is 1. The maximum atomic E-state index is 11.4. The average Bonchev–Trinajstić information content (AvgIpc) is 2.98. The van der Waals surface area contributed by atoms with Gasteiger partial charge in [0.2, 0.25) is 5.82 Å². The molecule has 0 radical (unpaired) electrons. The summed E-state index contributed by atoms with van der Waals surface area (Å²) in [5.74, 6) is 1.90. The van der Waals surface area contributed by atoms with Crippen molar-refractivity contribution in [3.8, 4) is 0 Å². The van der Waals surface area contributed by atoms with E-state index >= 15 is 0 Å². The zero-order valence-electron chi connectivity index (χ0n) is 12.2. The number of hydrogen-bond donors (Lipinski definition) is 1. The highest BCUT2D eigenvalue weighted by Gasteiger charge is 2.41. The first-order valence-corrected chi connectivity index (χ1v) is 7.18. The van der Waals surface area contributed by atoms with Crippen LogP contribution in [0.3, 0.4) is 0 Å². The van der Waals surface area contributed by atoms with Gasteiger partial charge in [0.05, 0.1) is 4.92 Å². The molecule has 0 amide bonds. The van der Waals surface area contributed by atoms with Crippen LogP contribution in [0.2, 0.25) is 0 Å². The summed E-state index contributed by atoms with van der Waals surface area (Å²) in [4.78, 5) is 13.3. The fourth-order valence-electron chi connectivity index (χ4n) is 3.42. The van der Waals surface area contributed by atoms with Crippen molar-refractivity contribution in [1.29, 1.82) is 0 Å². The summed E-state index contributed by atoms with van der Waals surface area (Å²) in [6, 6.07) is 0.121. The van der Waals surface area contributed by atoms with E-state index in [4.69, 9.17) is 0 Å². The van der Waals surface area contributed by atoms with Crippen LogP contribution in [0.4, 0.5) is 11.5 Å². The SMILES string of the molecule is Cc1nn(C(C)C)c(N2CC3CNCC3C2)c1[N+](=O)[O-]. The quantitative estimate of drug-likeness (QED) is 0.667. The Labute approximate surface area is 118 Å². The number of fused-ring (bicyclic) bond motifs is 1. The van der Waals surface area contributed by atoms with Gasteiger partial charge in [0.15, 0.2) is 0 Å². The minimum Gasteiger partial charge on any atom is -0.350 e. The molecule has 2 aliphatic heterocycles. The molecule has 1 aromatic heterocycles. The minimum absolute atomic E-state index is 0.121. The van der Waals surface area contributed by atoms with Crippen molar-refractivity contribution >= 4 is 11.5 Å². The predicted molar refractivity (Wildman–Crippen MR) is 76.1 cm³/mol. The number of nitro groups is 1. The molecule has 0 saturated carbocycles. The largest absolute Gasteiger partial charge is 0.350 e. The number of anilines is 1. The molecule has 0 bridgehead atoms. The van der Waals surface area contributed by atoms with Gasteiger partial charge < -0.3 is 10.2 Å². The maximum Gasteiger partial charge on any atom is 0.333 e. The fourth-order valence-corrected chi connectivity index (χ4v) is 3.42. The Bertz CT molecular complexity index is 527. The van der Waals surface area contributed by atoms with Gasteiger partial charge in [-0.2, -0.15) is 5.10 Å². The first-order valence-electron chi connectivity index (χ1n) is 7.18. The Morgan fingerprint density at radius 1 is 1.35 bits per heavy atom. The van der Waals surface area contributed by atoms with Crippen LogP contribution in [0.5, 0.6) is 0 Å². The highest BCUT2D eigenvalue weighted by molar-refractivity contribution is 5.62. The molecule has 110 valence electrons. The third-order valence-electron chi connectivity index (χ3n) is 4.39. The van der Waals surface area contributed by atoms with Gasteiger partial charge in [-0.15, -0.1) is 0 Å². The van der Waals surface area contributed by atoms with E-state index in [9.17, 15) is 10.1 Å². The van der Waals surface area contributed by atoms with Crippen LogP contribution in [0.15, 0.2) is 0 Å². The molecule has 1 aromatic rings. The van der Waals surface area contributed by atoms with E-state index in [2.05, 4.69) is 15.3 Å². The van der Waals surface area contributed by atoms with Crippen molar-refractivity contribution < 1.29 is 4.92 Å². The standard InChI is InChI=1S/C13H21N5O2/c1-8(2)17-13(12(18(19)20)9(3)15-17)16-6-10-4-14-5-11(10)7-16/h8,10-11,14H,4-7H2,1-3H3. The fraction of sp³-hybridized carbons (Fsp3) is 0.769. The van der Waals surface area contributed by atoms with Crippen molar-refractivity contribution in [2.45, 2.75) is 26.8 Å². The molecule has 20 heavy (non-hydrogen) atoms. The highest BCUT2D eigenvalue weighted by atomic mass is 16.6. The lowest BCUT2D eigenvalue weighted by Crippen LogP contribution is -2.28. The molecule has 1 N–H and O–H groups in total. The molecule has 0 spiro atoms. The van der Waals surface area contributed by atoms with Gasteiger partial charge in [-0.25, -0.2) is 4.68 Å². The first-order chi connectivity index (χ1) is 9.49. The Morgan fingerprint density at radius 3 is 2.45 bits per heavy atom. The van der Waals surface area contributed by atoms with E-state index in [1.54, 1.807) is 6.92 Å². The zero-order chi connectivity index (χ0) is 14.4. The number of rotatable bonds is 3. The number of aromatic nitrogens is 2. The average molecular weight is 279 g/mol. The van der Waals surface area contributed by atoms with Gasteiger partial charge in [0.25, 0.3) is 0 Å². The van der Waals surface area contributed by atoms with E-state index < -0.39 is 0 Å². The number of aryl methyl sites for hydroxylation is 1. The van der Waals surface area contributed by atoms with Gasteiger partial charge in [0.1, 0.15) is 5.69 Å². The van der Waals surface area contributed by atoms with Crippen molar-refractivity contribution in [2.75, 3.05) is 31.1 Å². The Balaban J connectivity index is 2.01. The predicted octanol–water partition coefficient (Wildman–Crippen LogP) is 1.34. The first kappa shape index (κ1) is 13.4. The van der Waals surface area contributed by atoms with Crippen LogP contribution in [-0.4, -0.2) is 40.9 Å². The lowest BCUT2D eigenvalue weighted by molar-refractivity contribution is -0.384. The molecule has 2 atom stereocenters. The minimum atomic E-state index is -0.289. The van der Waals surface area contributed by atoms with Crippen LogP contribution in [0, 0.1) is 28.9 Å². The number of hydrogen-bond acceptors (Lipinski definition) is 5. The number of nitrogens with zero attached hydrogens (tertiary/aromatic N) is 4. The highest BCUT2D eigenvalue weighted by Crippen LogP contribution is 2.38. The normalized spacial score (nSPS) is 25.5. The van der Waals surface area contributed by atoms with E-state index in [0.717, 1.165) is 26.2 Å². The molecule has 3 heterocycles. The second-order valence-electron chi connectivity index (χ2n) is 6.14. The molecular formula is C13H21N5O2. The van der Waals surface area contributed by atoms with E-state index in [0.29, 0.717) is 23.3 Å². The summed E-state index contributed by atoms with van der Waals surface area (Å²) in [6.07, 6.45) is 0. The van der Waals surface area contributed by atoms with Gasteiger partial charge in [0, 0.05) is 32.2 Å². The van der Waals surface area contributed by atoms with Crippen molar-refractivity contribution in [3.63, 3.8) is 0 Å². The Hall–Kier alpha value is -1.63. The van der Waals surface area contributed by atoms with E-state index in [1.165, 1.54) is 0 Å². The molecule has 0 aromatic carbocycles. The van der Waals surface area contributed by atoms with Gasteiger partial charge in [-0.3, -0.25) is 10.1 Å². The maximum absolute atomic E-state index is 11.4. The topological polar surface area (TPSA) is 76.2 Å². The molecular weight excluding hydrogens is 258 g/mol. The van der Waals surface area contributed by atoms with Crippen LogP contribution in [0.1, 0.15) is 25.6 Å². The molecule has 0 aliphatic carbocycles. The third kappa shape index (κ3) is 1.96. The van der Waals surface area contributed by atoms with Crippen molar-refractivity contribution in [3.05, 3.63) is 15.8 Å². The van der Waals surface area contributed by atoms with Crippen LogP contribution in [-0.2, 0) is 0 Å². The van der Waals surface area contributed by atoms with Gasteiger partial charge in [-0.05, 0) is 32.6 Å². The Kier molecular flexibility index (Phi) is 3.16. The molecule has 2 aliphatic rings. The molecule has 2 unspecified atom stereocenters. The van der Waals surface area contributed by atoms with Crippen LogP contribution in [0.25, 0.3) is 0 Å². The smallest absolute Gasteiger partial charge is 0.333 e. The van der Waals surface area contributed by atoms with E-state index in [-0.39, 0.29) is 16.7 Å². The molecule has 2 saturated heterocycles. The summed E-state index contributed by atoms with van der Waals surface area (Å²) in [5.41, 5.74) is 0.681. The summed E-state index contributed by atoms with van der Waals surface area (Å²) >= 11 is 0. The molecule has 3 rings (SSSR count). The molecule has 7 nitrogen and oxygen atoms in total. The van der Waals surface area contributed by atoms with Crippen molar-refractivity contribution in [1.82, 2.24) is 15.1 Å². The molecule has 7 heteroatoms. The van der Waals surface area contributed by atoms with Gasteiger partial charge in [-0.1, -0.05) is 0 Å². The van der Waals surface area contributed by atoms with E-state index in [1.807, 2.05) is 18.5 Å². The third-order valence-corrected chi connectivity index (χ3v) is 4.39. The molecule has 2 fully saturated rings. The summed E-state index contributed by atoms with van der Waals surface area (Å²) in [7, 11) is 0. The van der Waals surface area contributed by atoms with Crippen LogP contribution >= 0.6 is 0 Å². The lowest BCUT2D eigenvalue weighted by Gasteiger charge is -2.21. The van der Waals surface area contributed by atoms with Crippen molar-refractivity contribution in [2.24, 2.45) is 11.8 Å². The monoisotopic (exact) mass is 279 g/mol. The summed E-state index contributed by atoms with van der Waals surface area (Å²) in [5, 5.41) is 19.2. The summed E-state index contributed by atoms with van der Waals surface area (Å²) in [6.45, 7) is 9.55. The Morgan fingerprint density at radius 2 is 1.95 bits per heavy atom. The van der Waals surface area contributed by atoms with Crippen LogP contribution < -0.4 is 10.2 Å². The second kappa shape index (κ2) is 4.73. The van der Waals surface area contributed by atoms with Gasteiger partial charge >= 0.3 is 5.69 Å². The second-order valence-corrected chi connectivity index (χ2v) is 6.14. The lowest BCUT2D eigenvalue weighted by atomic mass is 10.0. The zero-order valence-corrected chi connectivity index (χ0v) is 12.2.